The van der Waals surface area contributed by atoms with Gasteiger partial charge in [-0.25, -0.2) is 0 Å². The molecule has 2 rings (SSSR count). The second-order valence-electron chi connectivity index (χ2n) is 6.79. The van der Waals surface area contributed by atoms with Gasteiger partial charge < -0.3 is 5.11 Å². The van der Waals surface area contributed by atoms with Crippen molar-refractivity contribution in [3.8, 4) is 0 Å². The molecule has 0 aromatic carbocycles. The van der Waals surface area contributed by atoms with Crippen molar-refractivity contribution in [1.82, 2.24) is 0 Å². The predicted molar refractivity (Wildman–Crippen MR) is 76.3 cm³/mol. The maximum absolute atomic E-state index is 10.8. The van der Waals surface area contributed by atoms with Gasteiger partial charge >= 0.3 is 0 Å². The summed E-state index contributed by atoms with van der Waals surface area (Å²) >= 11 is 3.86. The van der Waals surface area contributed by atoms with Crippen molar-refractivity contribution >= 4 is 15.9 Å². The van der Waals surface area contributed by atoms with E-state index in [-0.39, 0.29) is 5.41 Å². The van der Waals surface area contributed by atoms with Crippen molar-refractivity contribution < 1.29 is 5.11 Å². The van der Waals surface area contributed by atoms with E-state index in [1.54, 1.807) is 0 Å². The molecule has 5 atom stereocenters. The smallest absolute Gasteiger partial charge is 0.0659 e. The van der Waals surface area contributed by atoms with Gasteiger partial charge in [-0.05, 0) is 57.8 Å². The summed E-state index contributed by atoms with van der Waals surface area (Å²) in [6.45, 7) is 8.74. The minimum Gasteiger partial charge on any atom is -0.390 e. The summed E-state index contributed by atoms with van der Waals surface area (Å²) in [5.74, 6) is 0.961. The molecule has 2 fully saturated rings. The number of fused-ring (bicyclic) bond motifs is 1. The molecule has 0 aromatic rings. The zero-order chi connectivity index (χ0) is 12.8. The van der Waals surface area contributed by atoms with Gasteiger partial charge in [0, 0.05) is 10.7 Å². The van der Waals surface area contributed by atoms with E-state index in [9.17, 15) is 5.11 Å². The highest BCUT2D eigenvalue weighted by Gasteiger charge is 2.57. The third kappa shape index (κ3) is 2.23. The quantitative estimate of drug-likeness (QED) is 0.566. The molecule has 0 bridgehead atoms. The molecule has 17 heavy (non-hydrogen) atoms. The Balaban J connectivity index is 2.35. The number of rotatable bonds is 1. The number of alkyl halides is 1. The summed E-state index contributed by atoms with van der Waals surface area (Å²) in [6.07, 6.45) is 6.87. The van der Waals surface area contributed by atoms with Gasteiger partial charge in [0.1, 0.15) is 0 Å². The molecule has 2 aliphatic carbocycles. The fraction of sp³-hybridized carbons (Fsp3) is 0.867. The van der Waals surface area contributed by atoms with Crippen molar-refractivity contribution in [1.29, 1.82) is 0 Å². The van der Waals surface area contributed by atoms with Gasteiger partial charge in [0.25, 0.3) is 0 Å². The minimum absolute atomic E-state index is 0.262. The van der Waals surface area contributed by atoms with Crippen LogP contribution in [-0.2, 0) is 0 Å². The topological polar surface area (TPSA) is 20.2 Å². The van der Waals surface area contributed by atoms with Crippen LogP contribution in [0.25, 0.3) is 0 Å². The summed E-state index contributed by atoms with van der Waals surface area (Å²) in [6, 6.07) is 0. The first kappa shape index (κ1) is 13.6. The van der Waals surface area contributed by atoms with Crippen molar-refractivity contribution in [2.45, 2.75) is 63.8 Å². The standard InChI is InChI=1S/C15H25BrO/c1-10(2)9-11-5-7-14(3)12(16)6-8-15(4,17)13(11)14/h9,11-13,17H,5-8H2,1-4H3/t11-,12-,13-,14+,15+/m0/s1. The lowest BCUT2D eigenvalue weighted by molar-refractivity contribution is -0.0866. The predicted octanol–water partition coefficient (Wildman–Crippen LogP) is 4.29. The van der Waals surface area contributed by atoms with Crippen LogP contribution < -0.4 is 0 Å². The summed E-state index contributed by atoms with van der Waals surface area (Å²) in [5.41, 5.74) is 1.15. The number of hydrogen-bond acceptors (Lipinski definition) is 1. The Bertz CT molecular complexity index is 330. The molecular weight excluding hydrogens is 276 g/mol. The first-order chi connectivity index (χ1) is 7.77. The highest BCUT2D eigenvalue weighted by molar-refractivity contribution is 9.09. The fourth-order valence-corrected chi connectivity index (χ4v) is 5.07. The lowest BCUT2D eigenvalue weighted by atomic mass is 9.60. The Morgan fingerprint density at radius 1 is 1.24 bits per heavy atom. The van der Waals surface area contributed by atoms with Crippen LogP contribution in [0.2, 0.25) is 0 Å². The Hall–Kier alpha value is 0.180. The van der Waals surface area contributed by atoms with Crippen molar-refractivity contribution in [3.05, 3.63) is 11.6 Å². The van der Waals surface area contributed by atoms with E-state index in [4.69, 9.17) is 0 Å². The van der Waals surface area contributed by atoms with Crippen LogP contribution >= 0.6 is 15.9 Å². The van der Waals surface area contributed by atoms with Crippen LogP contribution in [0, 0.1) is 17.3 Å². The molecule has 0 aromatic heterocycles. The first-order valence-corrected chi connectivity index (χ1v) is 7.70. The Labute approximate surface area is 114 Å². The number of aliphatic hydroxyl groups is 1. The van der Waals surface area contributed by atoms with Gasteiger partial charge in [0.15, 0.2) is 0 Å². The second-order valence-corrected chi connectivity index (χ2v) is 7.90. The van der Waals surface area contributed by atoms with E-state index < -0.39 is 5.60 Å². The molecule has 0 spiro atoms. The molecule has 2 heteroatoms. The normalized spacial score (nSPS) is 49.9. The third-order valence-electron chi connectivity index (χ3n) is 4.99. The lowest BCUT2D eigenvalue weighted by Gasteiger charge is -2.50. The van der Waals surface area contributed by atoms with Crippen molar-refractivity contribution in [2.24, 2.45) is 17.3 Å². The summed E-state index contributed by atoms with van der Waals surface area (Å²) in [4.78, 5) is 0.566. The number of allylic oxidation sites excluding steroid dienone is 2. The minimum atomic E-state index is -0.494. The Morgan fingerprint density at radius 2 is 1.88 bits per heavy atom. The maximum Gasteiger partial charge on any atom is 0.0659 e. The van der Waals surface area contributed by atoms with Crippen LogP contribution in [0.3, 0.4) is 0 Å². The first-order valence-electron chi connectivity index (χ1n) is 6.79. The second kappa shape index (κ2) is 4.38. The van der Waals surface area contributed by atoms with Crippen molar-refractivity contribution in [3.63, 3.8) is 0 Å². The third-order valence-corrected chi connectivity index (χ3v) is 6.50. The molecule has 0 aliphatic heterocycles. The van der Waals surface area contributed by atoms with Crippen LogP contribution in [0.5, 0.6) is 0 Å². The summed E-state index contributed by atoms with van der Waals surface area (Å²) in [7, 11) is 0. The van der Waals surface area contributed by atoms with E-state index in [0.717, 1.165) is 12.8 Å². The van der Waals surface area contributed by atoms with Crippen LogP contribution in [0.15, 0.2) is 11.6 Å². The lowest BCUT2D eigenvalue weighted by Crippen LogP contribution is -2.52. The van der Waals surface area contributed by atoms with Crippen molar-refractivity contribution in [2.75, 3.05) is 0 Å². The van der Waals surface area contributed by atoms with E-state index in [0.29, 0.717) is 16.7 Å². The molecule has 0 radical (unpaired) electrons. The molecule has 0 unspecified atom stereocenters. The molecule has 0 heterocycles. The van der Waals surface area contributed by atoms with Gasteiger partial charge in [-0.1, -0.05) is 34.5 Å². The van der Waals surface area contributed by atoms with Gasteiger partial charge in [0.2, 0.25) is 0 Å². The average Bonchev–Trinajstić information content (AvgIpc) is 2.52. The number of hydrogen-bond donors (Lipinski definition) is 1. The Morgan fingerprint density at radius 3 is 2.47 bits per heavy atom. The van der Waals surface area contributed by atoms with Crippen LogP contribution in [0.1, 0.15) is 53.4 Å². The highest BCUT2D eigenvalue weighted by Crippen LogP contribution is 2.60. The fourth-order valence-electron chi connectivity index (χ4n) is 4.32. The van der Waals surface area contributed by atoms with Gasteiger partial charge in [0.05, 0.1) is 5.60 Å². The van der Waals surface area contributed by atoms with E-state index >= 15 is 0 Å². The van der Waals surface area contributed by atoms with E-state index in [1.165, 1.54) is 18.4 Å². The molecule has 0 amide bonds. The number of halogens is 1. The highest BCUT2D eigenvalue weighted by atomic mass is 79.9. The molecule has 1 N–H and O–H groups in total. The van der Waals surface area contributed by atoms with Crippen LogP contribution in [0.4, 0.5) is 0 Å². The maximum atomic E-state index is 10.8. The van der Waals surface area contributed by atoms with Crippen LogP contribution in [-0.4, -0.2) is 15.5 Å². The van der Waals surface area contributed by atoms with E-state index in [2.05, 4.69) is 42.8 Å². The zero-order valence-electron chi connectivity index (χ0n) is 11.5. The molecule has 98 valence electrons. The largest absolute Gasteiger partial charge is 0.390 e. The summed E-state index contributed by atoms with van der Waals surface area (Å²) < 4.78 is 0. The molecule has 2 aliphatic rings. The average molecular weight is 301 g/mol. The molecular formula is C15H25BrO. The molecule has 0 saturated heterocycles. The molecule has 2 saturated carbocycles. The Kier molecular flexibility index (Phi) is 3.51. The van der Waals surface area contributed by atoms with Gasteiger partial charge in [-0.15, -0.1) is 0 Å². The molecule has 1 nitrogen and oxygen atoms in total. The van der Waals surface area contributed by atoms with Gasteiger partial charge in [-0.2, -0.15) is 0 Å². The SMILES string of the molecule is CC(C)=C[C@@H]1CC[C@]2(C)[C@@H](Br)CC[C@@](C)(O)[C@@H]12. The zero-order valence-corrected chi connectivity index (χ0v) is 13.0. The summed E-state index contributed by atoms with van der Waals surface area (Å²) in [5, 5.41) is 10.8. The van der Waals surface area contributed by atoms with Gasteiger partial charge in [-0.3, -0.25) is 0 Å². The van der Waals surface area contributed by atoms with E-state index in [1.807, 2.05) is 6.92 Å². The monoisotopic (exact) mass is 300 g/mol.